The van der Waals surface area contributed by atoms with Crippen molar-refractivity contribution in [3.05, 3.63) is 12.3 Å². The molecule has 1 aliphatic rings. The van der Waals surface area contributed by atoms with E-state index in [2.05, 4.69) is 14.9 Å². The maximum absolute atomic E-state index is 11.2. The topological polar surface area (TPSA) is 75.4 Å². The fourth-order valence-electron chi connectivity index (χ4n) is 1.79. The van der Waals surface area contributed by atoms with Gasteiger partial charge in [-0.25, -0.2) is 4.98 Å². The second kappa shape index (κ2) is 4.34. The predicted octanol–water partition coefficient (Wildman–Crippen LogP) is -0.273. The van der Waals surface area contributed by atoms with Crippen LogP contribution in [0, 0.1) is 0 Å². The van der Waals surface area contributed by atoms with Crippen molar-refractivity contribution in [2.45, 2.75) is 6.92 Å². The van der Waals surface area contributed by atoms with Crippen molar-refractivity contribution in [2.24, 2.45) is 0 Å². The zero-order valence-corrected chi connectivity index (χ0v) is 9.26. The first-order chi connectivity index (χ1) is 7.66. The molecule has 0 radical (unpaired) electrons. The Morgan fingerprint density at radius 3 is 2.62 bits per heavy atom. The number of carbonyl (C=O) groups is 1. The number of nitrogen functional groups attached to an aromatic ring is 1. The fraction of sp³-hybridized carbons (Fsp3) is 0.500. The Kier molecular flexibility index (Phi) is 2.89. The Hall–Kier alpha value is -1.85. The first-order valence-electron chi connectivity index (χ1n) is 5.26. The van der Waals surface area contributed by atoms with Crippen molar-refractivity contribution in [1.82, 2.24) is 14.9 Å². The van der Waals surface area contributed by atoms with Crippen molar-refractivity contribution in [1.29, 1.82) is 0 Å². The van der Waals surface area contributed by atoms with Crippen molar-refractivity contribution in [2.75, 3.05) is 36.8 Å². The third kappa shape index (κ3) is 2.21. The molecule has 2 rings (SSSR count). The van der Waals surface area contributed by atoms with Crippen LogP contribution in [0.25, 0.3) is 0 Å². The van der Waals surface area contributed by atoms with E-state index in [1.54, 1.807) is 13.1 Å². The summed E-state index contributed by atoms with van der Waals surface area (Å²) in [4.78, 5) is 23.1. The second-order valence-electron chi connectivity index (χ2n) is 3.77. The average molecular weight is 221 g/mol. The average Bonchev–Trinajstić information content (AvgIpc) is 2.29. The van der Waals surface area contributed by atoms with Gasteiger partial charge in [0, 0.05) is 39.3 Å². The number of anilines is 2. The minimum atomic E-state index is 0.127. The van der Waals surface area contributed by atoms with E-state index in [1.165, 1.54) is 0 Å². The van der Waals surface area contributed by atoms with Gasteiger partial charge in [0.2, 0.25) is 11.9 Å². The molecule has 2 heterocycles. The van der Waals surface area contributed by atoms with Gasteiger partial charge in [-0.2, -0.15) is 4.98 Å². The van der Waals surface area contributed by atoms with E-state index >= 15 is 0 Å². The van der Waals surface area contributed by atoms with E-state index in [0.717, 1.165) is 32.0 Å². The highest BCUT2D eigenvalue weighted by Gasteiger charge is 2.19. The number of nitrogens with zero attached hydrogens (tertiary/aromatic N) is 4. The maximum Gasteiger partial charge on any atom is 0.221 e. The molecule has 0 spiro atoms. The van der Waals surface area contributed by atoms with Crippen LogP contribution in [-0.2, 0) is 4.79 Å². The molecule has 1 aromatic rings. The highest BCUT2D eigenvalue weighted by Crippen LogP contribution is 2.13. The molecule has 0 aromatic carbocycles. The highest BCUT2D eigenvalue weighted by molar-refractivity contribution is 5.73. The lowest BCUT2D eigenvalue weighted by molar-refractivity contribution is -0.129. The van der Waals surface area contributed by atoms with Crippen LogP contribution in [0.5, 0.6) is 0 Å². The lowest BCUT2D eigenvalue weighted by Gasteiger charge is -2.34. The van der Waals surface area contributed by atoms with E-state index < -0.39 is 0 Å². The minimum Gasteiger partial charge on any atom is -0.368 e. The van der Waals surface area contributed by atoms with Crippen LogP contribution in [0.15, 0.2) is 12.3 Å². The molecule has 6 nitrogen and oxygen atoms in total. The summed E-state index contributed by atoms with van der Waals surface area (Å²) in [6, 6.07) is 1.83. The Morgan fingerprint density at radius 2 is 2.06 bits per heavy atom. The highest BCUT2D eigenvalue weighted by atomic mass is 16.2. The van der Waals surface area contributed by atoms with Crippen LogP contribution in [0.3, 0.4) is 0 Å². The molecule has 16 heavy (non-hydrogen) atoms. The quantitative estimate of drug-likeness (QED) is 0.706. The Labute approximate surface area is 94.1 Å². The first kappa shape index (κ1) is 10.7. The molecule has 6 heteroatoms. The number of nitrogens with two attached hydrogens (primary N) is 1. The number of rotatable bonds is 1. The minimum absolute atomic E-state index is 0.127. The fourth-order valence-corrected chi connectivity index (χ4v) is 1.79. The Balaban J connectivity index is 2.01. The molecule has 0 atom stereocenters. The number of aromatic nitrogens is 2. The van der Waals surface area contributed by atoms with E-state index in [9.17, 15) is 4.79 Å². The number of amides is 1. The number of hydrogen-bond donors (Lipinski definition) is 1. The van der Waals surface area contributed by atoms with Gasteiger partial charge in [-0.1, -0.05) is 0 Å². The first-order valence-corrected chi connectivity index (χ1v) is 5.26. The van der Waals surface area contributed by atoms with Crippen molar-refractivity contribution < 1.29 is 4.79 Å². The van der Waals surface area contributed by atoms with Crippen LogP contribution in [-0.4, -0.2) is 47.0 Å². The smallest absolute Gasteiger partial charge is 0.221 e. The van der Waals surface area contributed by atoms with E-state index in [4.69, 9.17) is 5.73 Å². The second-order valence-corrected chi connectivity index (χ2v) is 3.77. The van der Waals surface area contributed by atoms with Crippen molar-refractivity contribution in [3.8, 4) is 0 Å². The monoisotopic (exact) mass is 221 g/mol. The summed E-state index contributed by atoms with van der Waals surface area (Å²) in [6.45, 7) is 4.64. The summed E-state index contributed by atoms with van der Waals surface area (Å²) in [7, 11) is 0. The van der Waals surface area contributed by atoms with Crippen LogP contribution in [0.1, 0.15) is 6.92 Å². The van der Waals surface area contributed by atoms with E-state index in [0.29, 0.717) is 0 Å². The molecule has 1 aliphatic heterocycles. The van der Waals surface area contributed by atoms with Gasteiger partial charge in [-0.15, -0.1) is 0 Å². The summed E-state index contributed by atoms with van der Waals surface area (Å²) in [5, 5.41) is 0. The maximum atomic E-state index is 11.2. The van der Waals surface area contributed by atoms with Gasteiger partial charge in [0.1, 0.15) is 5.82 Å². The van der Waals surface area contributed by atoms with E-state index in [1.807, 2.05) is 11.0 Å². The Morgan fingerprint density at radius 1 is 1.38 bits per heavy atom. The standard InChI is InChI=1S/C10H15N5O/c1-8(16)14-4-6-15(7-5-14)9-2-3-12-10(11)13-9/h2-3H,4-7H2,1H3,(H2,11,12,13). The molecule has 0 unspecified atom stereocenters. The number of piperazine rings is 1. The molecule has 0 bridgehead atoms. The van der Waals surface area contributed by atoms with Gasteiger partial charge in [-0.3, -0.25) is 4.79 Å². The van der Waals surface area contributed by atoms with Crippen molar-refractivity contribution in [3.63, 3.8) is 0 Å². The van der Waals surface area contributed by atoms with Crippen LogP contribution >= 0.6 is 0 Å². The molecular weight excluding hydrogens is 206 g/mol. The van der Waals surface area contributed by atoms with Crippen molar-refractivity contribution >= 4 is 17.7 Å². The summed E-state index contributed by atoms with van der Waals surface area (Å²) in [5.41, 5.74) is 5.53. The zero-order valence-electron chi connectivity index (χ0n) is 9.26. The lowest BCUT2D eigenvalue weighted by atomic mass is 10.3. The normalized spacial score (nSPS) is 16.3. The molecule has 0 aliphatic carbocycles. The van der Waals surface area contributed by atoms with Gasteiger partial charge in [0.25, 0.3) is 0 Å². The molecule has 1 amide bonds. The molecular formula is C10H15N5O. The Bertz CT molecular complexity index is 387. The van der Waals surface area contributed by atoms with Crippen LogP contribution in [0.2, 0.25) is 0 Å². The van der Waals surface area contributed by atoms with E-state index in [-0.39, 0.29) is 11.9 Å². The molecule has 1 fully saturated rings. The molecule has 86 valence electrons. The largest absolute Gasteiger partial charge is 0.368 e. The zero-order chi connectivity index (χ0) is 11.5. The molecule has 0 saturated carbocycles. The van der Waals surface area contributed by atoms with Crippen LogP contribution in [0.4, 0.5) is 11.8 Å². The molecule has 1 aromatic heterocycles. The summed E-state index contributed by atoms with van der Waals surface area (Å²) in [5.74, 6) is 1.24. The van der Waals surface area contributed by atoms with Gasteiger partial charge >= 0.3 is 0 Å². The van der Waals surface area contributed by atoms with Gasteiger partial charge in [0.15, 0.2) is 0 Å². The number of carbonyl (C=O) groups excluding carboxylic acids is 1. The van der Waals surface area contributed by atoms with Gasteiger partial charge in [0.05, 0.1) is 0 Å². The summed E-state index contributed by atoms with van der Waals surface area (Å²) >= 11 is 0. The summed E-state index contributed by atoms with van der Waals surface area (Å²) < 4.78 is 0. The lowest BCUT2D eigenvalue weighted by Crippen LogP contribution is -2.48. The third-order valence-electron chi connectivity index (χ3n) is 2.71. The van der Waals surface area contributed by atoms with Gasteiger partial charge < -0.3 is 15.5 Å². The SMILES string of the molecule is CC(=O)N1CCN(c2ccnc(N)n2)CC1. The summed E-state index contributed by atoms with van der Waals surface area (Å²) in [6.07, 6.45) is 1.65. The molecule has 1 saturated heterocycles. The van der Waals surface area contributed by atoms with Crippen LogP contribution < -0.4 is 10.6 Å². The molecule has 2 N–H and O–H groups in total. The predicted molar refractivity (Wildman–Crippen MR) is 60.9 cm³/mol. The third-order valence-corrected chi connectivity index (χ3v) is 2.71. The number of hydrogen-bond acceptors (Lipinski definition) is 5. The van der Waals surface area contributed by atoms with Gasteiger partial charge in [-0.05, 0) is 6.07 Å².